The number of aliphatic hydroxyl groups is 1. The fourth-order valence-corrected chi connectivity index (χ4v) is 3.36. The first-order chi connectivity index (χ1) is 7.93. The Bertz CT molecular complexity index is 299. The molecule has 0 radical (unpaired) electrons. The molecule has 4 heteroatoms. The zero-order valence-corrected chi connectivity index (χ0v) is 10.6. The summed E-state index contributed by atoms with van der Waals surface area (Å²) in [6.07, 6.45) is 3.95. The van der Waals surface area contributed by atoms with Gasteiger partial charge in [-0.05, 0) is 44.4 Å². The molecule has 2 rings (SSSR count). The molecule has 0 amide bonds. The van der Waals surface area contributed by atoms with Crippen LogP contribution in [0.15, 0.2) is 0 Å². The molecule has 17 heavy (non-hydrogen) atoms. The Morgan fingerprint density at radius 1 is 1.29 bits per heavy atom. The lowest BCUT2D eigenvalue weighted by Gasteiger charge is -2.55. The van der Waals surface area contributed by atoms with E-state index in [-0.39, 0.29) is 6.10 Å². The van der Waals surface area contributed by atoms with Crippen molar-refractivity contribution in [3.05, 3.63) is 0 Å². The van der Waals surface area contributed by atoms with E-state index in [0.29, 0.717) is 31.6 Å². The molecule has 2 N–H and O–H groups in total. The maximum Gasteiger partial charge on any atom is 0.312 e. The standard InChI is InChI=1S/C13H22O4/c1-9-3-5-13(16,6-4-9)12(11(14)15)7-10(8-12)17-2/h9-10,16H,3-8H2,1-2H3,(H,14,15). The molecule has 0 bridgehead atoms. The summed E-state index contributed by atoms with van der Waals surface area (Å²) < 4.78 is 5.17. The first-order valence-corrected chi connectivity index (χ1v) is 6.42. The van der Waals surface area contributed by atoms with Crippen LogP contribution in [0.3, 0.4) is 0 Å². The third kappa shape index (κ3) is 1.87. The molecule has 0 heterocycles. The molecule has 0 aromatic carbocycles. The molecule has 0 unspecified atom stereocenters. The van der Waals surface area contributed by atoms with Crippen molar-refractivity contribution in [2.24, 2.45) is 11.3 Å². The van der Waals surface area contributed by atoms with E-state index in [4.69, 9.17) is 4.74 Å². The Hall–Kier alpha value is -0.610. The average Bonchev–Trinajstić information content (AvgIpc) is 2.21. The van der Waals surface area contributed by atoms with E-state index in [1.807, 2.05) is 0 Å². The van der Waals surface area contributed by atoms with Crippen LogP contribution in [0.25, 0.3) is 0 Å². The second-order valence-electron chi connectivity index (χ2n) is 5.87. The van der Waals surface area contributed by atoms with Crippen molar-refractivity contribution in [1.29, 1.82) is 0 Å². The maximum atomic E-state index is 11.5. The van der Waals surface area contributed by atoms with Gasteiger partial charge in [-0.25, -0.2) is 0 Å². The number of carboxylic acid groups (broad SMARTS) is 1. The Morgan fingerprint density at radius 3 is 2.24 bits per heavy atom. The van der Waals surface area contributed by atoms with Crippen LogP contribution in [0.5, 0.6) is 0 Å². The van der Waals surface area contributed by atoms with Crippen molar-refractivity contribution in [2.75, 3.05) is 7.11 Å². The van der Waals surface area contributed by atoms with Crippen molar-refractivity contribution in [3.63, 3.8) is 0 Å². The molecule has 0 aromatic rings. The highest BCUT2D eigenvalue weighted by atomic mass is 16.5. The van der Waals surface area contributed by atoms with E-state index in [2.05, 4.69) is 6.92 Å². The lowest BCUT2D eigenvalue weighted by Crippen LogP contribution is -2.63. The number of carbonyl (C=O) groups is 1. The first-order valence-electron chi connectivity index (χ1n) is 6.42. The van der Waals surface area contributed by atoms with Gasteiger partial charge in [0.15, 0.2) is 0 Å². The van der Waals surface area contributed by atoms with Crippen molar-refractivity contribution >= 4 is 5.97 Å². The van der Waals surface area contributed by atoms with Crippen molar-refractivity contribution in [1.82, 2.24) is 0 Å². The van der Waals surface area contributed by atoms with Crippen LogP contribution in [-0.4, -0.2) is 35.0 Å². The molecule has 0 saturated heterocycles. The highest BCUT2D eigenvalue weighted by Crippen LogP contribution is 2.56. The third-order valence-corrected chi connectivity index (χ3v) is 4.89. The number of rotatable bonds is 3. The third-order valence-electron chi connectivity index (χ3n) is 4.89. The molecular weight excluding hydrogens is 220 g/mol. The van der Waals surface area contributed by atoms with E-state index in [0.717, 1.165) is 12.8 Å². The summed E-state index contributed by atoms with van der Waals surface area (Å²) in [5.74, 6) is -0.262. The second-order valence-corrected chi connectivity index (χ2v) is 5.87. The van der Waals surface area contributed by atoms with Gasteiger partial charge in [-0.1, -0.05) is 6.92 Å². The highest BCUT2D eigenvalue weighted by Gasteiger charge is 2.63. The van der Waals surface area contributed by atoms with E-state index in [9.17, 15) is 15.0 Å². The molecule has 4 nitrogen and oxygen atoms in total. The SMILES string of the molecule is COC1CC(C(=O)O)(C2(O)CCC(C)CC2)C1. The minimum Gasteiger partial charge on any atom is -0.481 e. The monoisotopic (exact) mass is 242 g/mol. The van der Waals surface area contributed by atoms with Crippen molar-refractivity contribution in [3.8, 4) is 0 Å². The van der Waals surface area contributed by atoms with Crippen LogP contribution in [0.1, 0.15) is 45.4 Å². The molecule has 0 aromatic heterocycles. The zero-order valence-electron chi connectivity index (χ0n) is 10.6. The molecule has 2 aliphatic rings. The molecular formula is C13H22O4. The Kier molecular flexibility index (Phi) is 3.21. The van der Waals surface area contributed by atoms with Gasteiger partial charge in [-0.3, -0.25) is 4.79 Å². The van der Waals surface area contributed by atoms with Crippen LogP contribution in [0.4, 0.5) is 0 Å². The van der Waals surface area contributed by atoms with E-state index in [1.165, 1.54) is 0 Å². The van der Waals surface area contributed by atoms with Gasteiger partial charge in [-0.2, -0.15) is 0 Å². The predicted molar refractivity (Wildman–Crippen MR) is 62.7 cm³/mol. The van der Waals surface area contributed by atoms with Crippen LogP contribution < -0.4 is 0 Å². The second kappa shape index (κ2) is 4.25. The molecule has 2 aliphatic carbocycles. The lowest BCUT2D eigenvalue weighted by atomic mass is 9.53. The van der Waals surface area contributed by atoms with E-state index < -0.39 is 17.0 Å². The van der Waals surface area contributed by atoms with Crippen LogP contribution >= 0.6 is 0 Å². The zero-order chi connectivity index (χ0) is 12.7. The van der Waals surface area contributed by atoms with Crippen LogP contribution in [0, 0.1) is 11.3 Å². The summed E-state index contributed by atoms with van der Waals surface area (Å²) in [6.45, 7) is 2.16. The van der Waals surface area contributed by atoms with E-state index in [1.54, 1.807) is 7.11 Å². The normalized spacial score (nSPS) is 46.3. The summed E-state index contributed by atoms with van der Waals surface area (Å²) in [4.78, 5) is 11.5. The number of hydrogen-bond donors (Lipinski definition) is 2. The predicted octanol–water partition coefficient (Wildman–Crippen LogP) is 1.81. The van der Waals surface area contributed by atoms with Gasteiger partial charge in [0.2, 0.25) is 0 Å². The summed E-state index contributed by atoms with van der Waals surface area (Å²) in [5.41, 5.74) is -1.99. The van der Waals surface area contributed by atoms with Gasteiger partial charge in [0.25, 0.3) is 0 Å². The summed E-state index contributed by atoms with van der Waals surface area (Å²) in [7, 11) is 1.60. The van der Waals surface area contributed by atoms with Crippen LogP contribution in [0.2, 0.25) is 0 Å². The average molecular weight is 242 g/mol. The topological polar surface area (TPSA) is 66.8 Å². The molecule has 2 fully saturated rings. The first kappa shape index (κ1) is 12.8. The molecule has 0 atom stereocenters. The minimum atomic E-state index is -1.03. The van der Waals surface area contributed by atoms with Gasteiger partial charge in [-0.15, -0.1) is 0 Å². The Balaban J connectivity index is 2.15. The molecule has 98 valence electrons. The van der Waals surface area contributed by atoms with Crippen molar-refractivity contribution in [2.45, 2.75) is 57.2 Å². The fourth-order valence-electron chi connectivity index (χ4n) is 3.36. The number of aliphatic carboxylic acids is 1. The van der Waals surface area contributed by atoms with Gasteiger partial charge in [0, 0.05) is 7.11 Å². The minimum absolute atomic E-state index is 0.00512. The number of ether oxygens (including phenoxy) is 1. The fraction of sp³-hybridized carbons (Fsp3) is 0.923. The van der Waals surface area contributed by atoms with E-state index >= 15 is 0 Å². The summed E-state index contributed by atoms with van der Waals surface area (Å²) >= 11 is 0. The number of carboxylic acids is 1. The Labute approximate surface area is 102 Å². The number of hydrogen-bond acceptors (Lipinski definition) is 3. The maximum absolute atomic E-state index is 11.5. The molecule has 0 spiro atoms. The largest absolute Gasteiger partial charge is 0.481 e. The smallest absolute Gasteiger partial charge is 0.312 e. The van der Waals surface area contributed by atoms with Crippen LogP contribution in [-0.2, 0) is 9.53 Å². The molecule has 0 aliphatic heterocycles. The highest BCUT2D eigenvalue weighted by molar-refractivity contribution is 5.78. The van der Waals surface area contributed by atoms with Gasteiger partial charge < -0.3 is 14.9 Å². The summed E-state index contributed by atoms with van der Waals surface area (Å²) in [5, 5.41) is 20.2. The molecule has 2 saturated carbocycles. The number of methoxy groups -OCH3 is 1. The van der Waals surface area contributed by atoms with Gasteiger partial charge in [0.1, 0.15) is 5.41 Å². The lowest BCUT2D eigenvalue weighted by molar-refractivity contribution is -0.215. The quantitative estimate of drug-likeness (QED) is 0.792. The van der Waals surface area contributed by atoms with Gasteiger partial charge >= 0.3 is 5.97 Å². The van der Waals surface area contributed by atoms with Gasteiger partial charge in [0.05, 0.1) is 11.7 Å². The van der Waals surface area contributed by atoms with Crippen molar-refractivity contribution < 1.29 is 19.7 Å². The summed E-state index contributed by atoms with van der Waals surface area (Å²) in [6, 6.07) is 0. The Morgan fingerprint density at radius 2 is 1.82 bits per heavy atom.